The summed E-state index contributed by atoms with van der Waals surface area (Å²) in [5.74, 6) is -0.554. The lowest BCUT2D eigenvalue weighted by Crippen LogP contribution is -2.25. The summed E-state index contributed by atoms with van der Waals surface area (Å²) in [5, 5.41) is 11.4. The predicted octanol–water partition coefficient (Wildman–Crippen LogP) is 5.93. The smallest absolute Gasteiger partial charge is 0.318 e. The van der Waals surface area contributed by atoms with E-state index in [1.165, 1.54) is 0 Å². The van der Waals surface area contributed by atoms with Gasteiger partial charge in [-0.25, -0.2) is 0 Å². The SMILES string of the molecule is COc1ccc2cc(C(C)C(=O)Oc3cc(C)cc(C)c3C(C)(C)CC(=O)O)ccc2c1. The maximum absolute atomic E-state index is 13.1. The van der Waals surface area contributed by atoms with Crippen molar-refractivity contribution in [2.75, 3.05) is 7.11 Å². The molecule has 32 heavy (non-hydrogen) atoms. The van der Waals surface area contributed by atoms with Gasteiger partial charge in [-0.3, -0.25) is 9.59 Å². The summed E-state index contributed by atoms with van der Waals surface area (Å²) in [7, 11) is 1.63. The molecule has 1 N–H and O–H groups in total. The largest absolute Gasteiger partial charge is 0.497 e. The molecule has 1 atom stereocenters. The Morgan fingerprint density at radius 1 is 1.00 bits per heavy atom. The van der Waals surface area contributed by atoms with Crippen molar-refractivity contribution in [2.24, 2.45) is 0 Å². The number of esters is 1. The molecule has 0 aliphatic heterocycles. The Labute approximate surface area is 189 Å². The normalized spacial score (nSPS) is 12.4. The zero-order chi connectivity index (χ0) is 23.6. The van der Waals surface area contributed by atoms with E-state index in [4.69, 9.17) is 9.47 Å². The number of hydrogen-bond donors (Lipinski definition) is 1. The Balaban J connectivity index is 1.93. The van der Waals surface area contributed by atoms with Gasteiger partial charge in [0.1, 0.15) is 11.5 Å². The zero-order valence-electron chi connectivity index (χ0n) is 19.5. The number of aliphatic carboxylic acids is 1. The average Bonchev–Trinajstić information content (AvgIpc) is 2.70. The molecule has 0 aromatic heterocycles. The van der Waals surface area contributed by atoms with Gasteiger partial charge in [0, 0.05) is 11.0 Å². The molecule has 5 heteroatoms. The number of carbonyl (C=O) groups is 2. The van der Waals surface area contributed by atoms with Crippen LogP contribution in [-0.4, -0.2) is 24.2 Å². The number of carboxylic acid groups (broad SMARTS) is 1. The Hall–Kier alpha value is -3.34. The van der Waals surface area contributed by atoms with Gasteiger partial charge in [0.15, 0.2) is 0 Å². The predicted molar refractivity (Wildman–Crippen MR) is 126 cm³/mol. The van der Waals surface area contributed by atoms with E-state index in [1.54, 1.807) is 7.11 Å². The molecule has 5 nitrogen and oxygen atoms in total. The van der Waals surface area contributed by atoms with Gasteiger partial charge in [-0.15, -0.1) is 0 Å². The molecule has 1 unspecified atom stereocenters. The molecule has 0 heterocycles. The maximum Gasteiger partial charge on any atom is 0.318 e. The molecule has 0 fully saturated rings. The standard InChI is InChI=1S/C27H30O5/c1-16-11-17(2)25(27(4,5)15-24(28)29)23(12-16)32-26(30)18(3)19-7-8-21-14-22(31-6)10-9-20(21)13-19/h7-14,18H,15H2,1-6H3,(H,28,29). The Morgan fingerprint density at radius 2 is 1.66 bits per heavy atom. The van der Waals surface area contributed by atoms with Crippen molar-refractivity contribution in [2.45, 2.75) is 52.4 Å². The molecular weight excluding hydrogens is 404 g/mol. The summed E-state index contributed by atoms with van der Waals surface area (Å²) in [6.07, 6.45) is -0.0643. The first kappa shape index (κ1) is 23.3. The summed E-state index contributed by atoms with van der Waals surface area (Å²) < 4.78 is 11.2. The van der Waals surface area contributed by atoms with Crippen LogP contribution in [0, 0.1) is 13.8 Å². The fraction of sp³-hybridized carbons (Fsp3) is 0.333. The summed E-state index contributed by atoms with van der Waals surface area (Å²) in [4.78, 5) is 24.5. The second-order valence-electron chi connectivity index (χ2n) is 9.02. The van der Waals surface area contributed by atoms with Crippen LogP contribution in [0.4, 0.5) is 0 Å². The van der Waals surface area contributed by atoms with E-state index in [9.17, 15) is 14.7 Å². The van der Waals surface area contributed by atoms with Crippen molar-refractivity contribution < 1.29 is 24.2 Å². The van der Waals surface area contributed by atoms with Crippen LogP contribution in [0.1, 0.15) is 55.4 Å². The summed E-state index contributed by atoms with van der Waals surface area (Å²) in [5.41, 5.74) is 2.77. The first-order chi connectivity index (χ1) is 15.0. The van der Waals surface area contributed by atoms with E-state index in [0.29, 0.717) is 5.75 Å². The Morgan fingerprint density at radius 3 is 2.31 bits per heavy atom. The van der Waals surface area contributed by atoms with E-state index in [0.717, 1.165) is 38.8 Å². The van der Waals surface area contributed by atoms with E-state index in [-0.39, 0.29) is 12.4 Å². The third-order valence-corrected chi connectivity index (χ3v) is 5.85. The van der Waals surface area contributed by atoms with E-state index in [2.05, 4.69) is 0 Å². The lowest BCUT2D eigenvalue weighted by molar-refractivity contribution is -0.138. The third kappa shape index (κ3) is 4.93. The summed E-state index contributed by atoms with van der Waals surface area (Å²) >= 11 is 0. The molecular formula is C27H30O5. The number of carboxylic acids is 1. The minimum Gasteiger partial charge on any atom is -0.497 e. The van der Waals surface area contributed by atoms with Crippen LogP contribution in [0.3, 0.4) is 0 Å². The maximum atomic E-state index is 13.1. The van der Waals surface area contributed by atoms with Crippen molar-refractivity contribution in [1.29, 1.82) is 0 Å². The molecule has 0 saturated heterocycles. The van der Waals surface area contributed by atoms with Crippen LogP contribution in [0.15, 0.2) is 48.5 Å². The number of hydrogen-bond acceptors (Lipinski definition) is 4. The van der Waals surface area contributed by atoms with Crippen LogP contribution < -0.4 is 9.47 Å². The molecule has 0 bridgehead atoms. The number of aryl methyl sites for hydroxylation is 2. The van der Waals surface area contributed by atoms with Crippen LogP contribution in [0.2, 0.25) is 0 Å². The van der Waals surface area contributed by atoms with Crippen LogP contribution in [-0.2, 0) is 15.0 Å². The molecule has 3 rings (SSSR count). The second kappa shape index (κ2) is 9.03. The van der Waals surface area contributed by atoms with Gasteiger partial charge in [-0.05, 0) is 66.4 Å². The van der Waals surface area contributed by atoms with Crippen LogP contribution in [0.25, 0.3) is 10.8 Å². The van der Waals surface area contributed by atoms with Crippen molar-refractivity contribution in [3.8, 4) is 11.5 Å². The first-order valence-corrected chi connectivity index (χ1v) is 10.6. The molecule has 0 amide bonds. The van der Waals surface area contributed by atoms with Gasteiger partial charge in [-0.1, -0.05) is 44.2 Å². The van der Waals surface area contributed by atoms with Gasteiger partial charge in [0.25, 0.3) is 0 Å². The highest BCUT2D eigenvalue weighted by Crippen LogP contribution is 2.38. The lowest BCUT2D eigenvalue weighted by Gasteiger charge is -2.28. The van der Waals surface area contributed by atoms with Crippen LogP contribution >= 0.6 is 0 Å². The number of carbonyl (C=O) groups excluding carboxylic acids is 1. The van der Waals surface area contributed by atoms with Gasteiger partial charge in [0.05, 0.1) is 19.4 Å². The van der Waals surface area contributed by atoms with Crippen molar-refractivity contribution in [3.05, 3.63) is 70.8 Å². The van der Waals surface area contributed by atoms with Crippen molar-refractivity contribution in [3.63, 3.8) is 0 Å². The third-order valence-electron chi connectivity index (χ3n) is 5.85. The van der Waals surface area contributed by atoms with E-state index in [1.807, 2.05) is 83.1 Å². The van der Waals surface area contributed by atoms with Gasteiger partial charge in [-0.2, -0.15) is 0 Å². The lowest BCUT2D eigenvalue weighted by atomic mass is 9.78. The monoisotopic (exact) mass is 434 g/mol. The van der Waals surface area contributed by atoms with Gasteiger partial charge in [0.2, 0.25) is 0 Å². The highest BCUT2D eigenvalue weighted by molar-refractivity contribution is 5.87. The second-order valence-corrected chi connectivity index (χ2v) is 9.02. The van der Waals surface area contributed by atoms with Crippen molar-refractivity contribution in [1.82, 2.24) is 0 Å². The highest BCUT2D eigenvalue weighted by Gasteiger charge is 2.31. The molecule has 3 aromatic carbocycles. The number of methoxy groups -OCH3 is 1. The molecule has 0 spiro atoms. The Kier molecular flexibility index (Phi) is 6.58. The number of fused-ring (bicyclic) bond motifs is 1. The Bertz CT molecular complexity index is 1180. The summed E-state index contributed by atoms with van der Waals surface area (Å²) in [6, 6.07) is 15.5. The van der Waals surface area contributed by atoms with Crippen LogP contribution in [0.5, 0.6) is 11.5 Å². The molecule has 0 radical (unpaired) electrons. The highest BCUT2D eigenvalue weighted by atomic mass is 16.5. The summed E-state index contributed by atoms with van der Waals surface area (Å²) in [6.45, 7) is 9.38. The van der Waals surface area contributed by atoms with Gasteiger partial charge < -0.3 is 14.6 Å². The molecule has 0 aliphatic rings. The van der Waals surface area contributed by atoms with Gasteiger partial charge >= 0.3 is 11.9 Å². The van der Waals surface area contributed by atoms with E-state index >= 15 is 0 Å². The minimum absolute atomic E-state index is 0.0643. The molecule has 3 aromatic rings. The molecule has 0 saturated carbocycles. The number of rotatable bonds is 7. The number of ether oxygens (including phenoxy) is 2. The molecule has 168 valence electrons. The first-order valence-electron chi connectivity index (χ1n) is 10.6. The molecule has 0 aliphatic carbocycles. The quantitative estimate of drug-likeness (QED) is 0.369. The zero-order valence-corrected chi connectivity index (χ0v) is 19.5. The number of benzene rings is 3. The van der Waals surface area contributed by atoms with Crippen molar-refractivity contribution >= 4 is 22.7 Å². The fourth-order valence-electron chi connectivity index (χ4n) is 4.31. The fourth-order valence-corrected chi connectivity index (χ4v) is 4.31. The average molecular weight is 435 g/mol. The minimum atomic E-state index is -0.895. The van der Waals surface area contributed by atoms with E-state index < -0.39 is 17.3 Å². The topological polar surface area (TPSA) is 72.8 Å².